The minimum absolute atomic E-state index is 0.320. The molecule has 3 aromatic carbocycles. The quantitative estimate of drug-likeness (QED) is 0.141. The SMILES string of the molecule is C/C=C/CCc1ccc(CCc2ccc3c(F)c(CCc4ccc(OCC(F)(F)F)c(F)c4)ccc3c2)nc1. The molecule has 1 aromatic heterocycles. The van der Waals surface area contributed by atoms with Gasteiger partial charge in [0.05, 0.1) is 0 Å². The lowest BCUT2D eigenvalue weighted by Gasteiger charge is -2.11. The second-order valence-corrected chi connectivity index (χ2v) is 9.53. The molecule has 39 heavy (non-hydrogen) atoms. The molecule has 0 radical (unpaired) electrons. The van der Waals surface area contributed by atoms with Crippen LogP contribution in [0, 0.1) is 11.6 Å². The molecule has 4 rings (SSSR count). The number of hydrogen-bond donors (Lipinski definition) is 0. The van der Waals surface area contributed by atoms with E-state index in [0.29, 0.717) is 29.4 Å². The lowest BCUT2D eigenvalue weighted by atomic mass is 9.97. The summed E-state index contributed by atoms with van der Waals surface area (Å²) < 4.78 is 70.8. The summed E-state index contributed by atoms with van der Waals surface area (Å²) >= 11 is 0. The number of nitrogens with zero attached hydrogens (tertiary/aromatic N) is 1. The first-order valence-corrected chi connectivity index (χ1v) is 12.9. The maximum atomic E-state index is 15.2. The minimum atomic E-state index is -4.55. The summed E-state index contributed by atoms with van der Waals surface area (Å²) in [7, 11) is 0. The summed E-state index contributed by atoms with van der Waals surface area (Å²) in [5, 5.41) is 1.32. The average Bonchev–Trinajstić information content (AvgIpc) is 2.91. The molecule has 0 spiro atoms. The van der Waals surface area contributed by atoms with Crippen LogP contribution in [-0.2, 0) is 32.1 Å². The highest BCUT2D eigenvalue weighted by Gasteiger charge is 2.29. The van der Waals surface area contributed by atoms with E-state index in [-0.39, 0.29) is 5.82 Å². The van der Waals surface area contributed by atoms with Crippen LogP contribution in [0.5, 0.6) is 5.75 Å². The van der Waals surface area contributed by atoms with E-state index in [4.69, 9.17) is 0 Å². The van der Waals surface area contributed by atoms with Gasteiger partial charge in [-0.05, 0) is 91.3 Å². The van der Waals surface area contributed by atoms with Crippen molar-refractivity contribution in [1.82, 2.24) is 4.98 Å². The summed E-state index contributed by atoms with van der Waals surface area (Å²) in [4.78, 5) is 4.58. The molecule has 7 heteroatoms. The Hall–Kier alpha value is -3.74. The number of alkyl halides is 3. The topological polar surface area (TPSA) is 22.1 Å². The summed E-state index contributed by atoms with van der Waals surface area (Å²) in [6, 6.07) is 17.3. The fourth-order valence-corrected chi connectivity index (χ4v) is 4.43. The van der Waals surface area contributed by atoms with E-state index >= 15 is 4.39 Å². The third-order valence-electron chi connectivity index (χ3n) is 6.56. The smallest absolute Gasteiger partial charge is 0.422 e. The highest BCUT2D eigenvalue weighted by molar-refractivity contribution is 5.84. The Morgan fingerprint density at radius 3 is 2.26 bits per heavy atom. The van der Waals surface area contributed by atoms with Crippen LogP contribution in [-0.4, -0.2) is 17.8 Å². The molecule has 0 saturated heterocycles. The normalized spacial score (nSPS) is 11.9. The standard InChI is InChI=1S/C32H30F5NO/c1-2-3-4-5-24-8-15-27(38-20-24)14-7-22-9-16-28-26(18-22)13-12-25(31(28)34)11-6-23-10-17-30(29(33)19-23)39-21-32(35,36)37/h2-3,8-10,12-13,15-20H,4-7,11,14,21H2,1H3/b3-2+. The Morgan fingerprint density at radius 1 is 0.795 bits per heavy atom. The van der Waals surface area contributed by atoms with Crippen molar-refractivity contribution in [3.63, 3.8) is 0 Å². The molecule has 204 valence electrons. The second kappa shape index (κ2) is 12.9. The van der Waals surface area contributed by atoms with E-state index in [1.54, 1.807) is 12.1 Å². The first-order chi connectivity index (χ1) is 18.7. The zero-order chi connectivity index (χ0) is 27.8. The molecule has 0 aliphatic carbocycles. The number of halogens is 5. The Balaban J connectivity index is 1.35. The monoisotopic (exact) mass is 539 g/mol. The molecule has 1 heterocycles. The zero-order valence-corrected chi connectivity index (χ0v) is 21.7. The van der Waals surface area contributed by atoms with E-state index in [1.807, 2.05) is 37.4 Å². The first-order valence-electron chi connectivity index (χ1n) is 12.9. The van der Waals surface area contributed by atoms with Crippen LogP contribution >= 0.6 is 0 Å². The van der Waals surface area contributed by atoms with Gasteiger partial charge < -0.3 is 4.74 Å². The largest absolute Gasteiger partial charge is 0.481 e. The number of rotatable bonds is 11. The third-order valence-corrected chi connectivity index (χ3v) is 6.56. The maximum Gasteiger partial charge on any atom is 0.422 e. The minimum Gasteiger partial charge on any atom is -0.481 e. The highest BCUT2D eigenvalue weighted by Crippen LogP contribution is 2.26. The third kappa shape index (κ3) is 8.12. The van der Waals surface area contributed by atoms with Crippen molar-refractivity contribution in [3.05, 3.63) is 119 Å². The molecular formula is C32H30F5NO. The molecule has 0 N–H and O–H groups in total. The molecular weight excluding hydrogens is 509 g/mol. The number of aromatic nitrogens is 1. The Morgan fingerprint density at radius 2 is 1.54 bits per heavy atom. The number of ether oxygens (including phenoxy) is 1. The van der Waals surface area contributed by atoms with Gasteiger partial charge in [0.1, 0.15) is 5.82 Å². The zero-order valence-electron chi connectivity index (χ0n) is 21.7. The van der Waals surface area contributed by atoms with E-state index in [0.717, 1.165) is 48.4 Å². The molecule has 2 nitrogen and oxygen atoms in total. The van der Waals surface area contributed by atoms with Gasteiger partial charge in [0, 0.05) is 17.3 Å². The van der Waals surface area contributed by atoms with Gasteiger partial charge >= 0.3 is 6.18 Å². The molecule has 4 aromatic rings. The average molecular weight is 540 g/mol. The van der Waals surface area contributed by atoms with Gasteiger partial charge in [-0.3, -0.25) is 4.98 Å². The summed E-state index contributed by atoms with van der Waals surface area (Å²) in [5.41, 5.74) is 4.36. The van der Waals surface area contributed by atoms with Crippen molar-refractivity contribution < 1.29 is 26.7 Å². The van der Waals surface area contributed by atoms with Gasteiger partial charge in [0.25, 0.3) is 0 Å². The molecule has 0 saturated carbocycles. The van der Waals surface area contributed by atoms with E-state index in [1.165, 1.54) is 17.7 Å². The van der Waals surface area contributed by atoms with Crippen molar-refractivity contribution in [2.75, 3.05) is 6.61 Å². The van der Waals surface area contributed by atoms with Crippen molar-refractivity contribution in [1.29, 1.82) is 0 Å². The van der Waals surface area contributed by atoms with Gasteiger partial charge in [-0.2, -0.15) is 13.2 Å². The van der Waals surface area contributed by atoms with Crippen LogP contribution in [0.3, 0.4) is 0 Å². The molecule has 0 amide bonds. The molecule has 0 aliphatic heterocycles. The Labute approximate surface area is 225 Å². The molecule has 0 bridgehead atoms. The molecule has 0 unspecified atom stereocenters. The number of aryl methyl sites for hydroxylation is 5. The molecule has 0 atom stereocenters. The van der Waals surface area contributed by atoms with E-state index in [9.17, 15) is 17.6 Å². The number of benzene rings is 3. The van der Waals surface area contributed by atoms with Crippen LogP contribution in [0.1, 0.15) is 41.3 Å². The van der Waals surface area contributed by atoms with Gasteiger partial charge in [0.15, 0.2) is 18.2 Å². The molecule has 0 aliphatic rings. The van der Waals surface area contributed by atoms with Gasteiger partial charge in [0.2, 0.25) is 0 Å². The van der Waals surface area contributed by atoms with Gasteiger partial charge in [-0.15, -0.1) is 0 Å². The Kier molecular flexibility index (Phi) is 9.33. The maximum absolute atomic E-state index is 15.2. The predicted octanol–water partition coefficient (Wildman–Crippen LogP) is 8.53. The van der Waals surface area contributed by atoms with Crippen LogP contribution in [0.25, 0.3) is 10.8 Å². The van der Waals surface area contributed by atoms with E-state index in [2.05, 4.69) is 27.9 Å². The van der Waals surface area contributed by atoms with E-state index < -0.39 is 24.3 Å². The summed E-state index contributed by atoms with van der Waals surface area (Å²) in [6.45, 7) is 0.453. The number of pyridine rings is 1. The van der Waals surface area contributed by atoms with Crippen LogP contribution < -0.4 is 4.74 Å². The lowest BCUT2D eigenvalue weighted by Crippen LogP contribution is -2.19. The van der Waals surface area contributed by atoms with Gasteiger partial charge in [-0.25, -0.2) is 8.78 Å². The van der Waals surface area contributed by atoms with Crippen LogP contribution in [0.15, 0.2) is 79.0 Å². The second-order valence-electron chi connectivity index (χ2n) is 9.53. The first kappa shape index (κ1) is 28.3. The molecule has 0 fully saturated rings. The summed E-state index contributed by atoms with van der Waals surface area (Å²) in [5.74, 6) is -1.66. The fraction of sp³-hybridized carbons (Fsp3) is 0.281. The van der Waals surface area contributed by atoms with Crippen LogP contribution in [0.4, 0.5) is 22.0 Å². The Bertz CT molecular complexity index is 1430. The van der Waals surface area contributed by atoms with Crippen molar-refractivity contribution in [2.24, 2.45) is 0 Å². The van der Waals surface area contributed by atoms with Crippen LogP contribution in [0.2, 0.25) is 0 Å². The van der Waals surface area contributed by atoms with Crippen molar-refractivity contribution >= 4 is 10.8 Å². The number of hydrogen-bond acceptors (Lipinski definition) is 2. The predicted molar refractivity (Wildman–Crippen MR) is 144 cm³/mol. The number of fused-ring (bicyclic) bond motifs is 1. The van der Waals surface area contributed by atoms with Gasteiger partial charge in [-0.1, -0.05) is 54.6 Å². The fourth-order valence-electron chi connectivity index (χ4n) is 4.43. The number of allylic oxidation sites excluding steroid dienone is 2. The summed E-state index contributed by atoms with van der Waals surface area (Å²) in [6.07, 6.45) is 5.78. The van der Waals surface area contributed by atoms with Crippen molar-refractivity contribution in [2.45, 2.75) is 51.6 Å². The lowest BCUT2D eigenvalue weighted by molar-refractivity contribution is -0.153. The van der Waals surface area contributed by atoms with Crippen molar-refractivity contribution in [3.8, 4) is 5.75 Å². The highest BCUT2D eigenvalue weighted by atomic mass is 19.4.